The molecule has 2 atom stereocenters. The predicted molar refractivity (Wildman–Crippen MR) is 125 cm³/mol. The highest BCUT2D eigenvalue weighted by Gasteiger charge is 2.26. The van der Waals surface area contributed by atoms with Crippen LogP contribution in [-0.4, -0.2) is 34.6 Å². The number of rotatable bonds is 10. The molecule has 0 saturated heterocycles. The lowest BCUT2D eigenvalue weighted by Gasteiger charge is -2.29. The number of nitrogens with one attached hydrogen (secondary N) is 1. The number of halogens is 1. The van der Waals surface area contributed by atoms with Crippen LogP contribution in [0.15, 0.2) is 59.1 Å². The molecule has 0 bridgehead atoms. The Morgan fingerprint density at radius 2 is 1.76 bits per heavy atom. The van der Waals surface area contributed by atoms with Gasteiger partial charge in [0.05, 0.1) is 5.75 Å². The Balaban J connectivity index is 2.07. The van der Waals surface area contributed by atoms with Crippen molar-refractivity contribution in [2.75, 3.05) is 5.75 Å². The summed E-state index contributed by atoms with van der Waals surface area (Å²) < 4.78 is 0.956. The monoisotopic (exact) mass is 476 g/mol. The van der Waals surface area contributed by atoms with Crippen LogP contribution < -0.4 is 5.32 Å². The zero-order valence-corrected chi connectivity index (χ0v) is 19.6. The Morgan fingerprint density at radius 1 is 1.07 bits per heavy atom. The van der Waals surface area contributed by atoms with Crippen molar-refractivity contribution in [2.24, 2.45) is 0 Å². The van der Waals surface area contributed by atoms with E-state index >= 15 is 0 Å². The lowest BCUT2D eigenvalue weighted by molar-refractivity contribution is -0.138. The van der Waals surface area contributed by atoms with Gasteiger partial charge in [0.1, 0.15) is 6.04 Å². The van der Waals surface area contributed by atoms with Crippen molar-refractivity contribution >= 4 is 39.5 Å². The molecule has 0 aliphatic rings. The minimum atomic E-state index is -0.534. The Hall–Kier alpha value is -1.79. The Kier molecular flexibility index (Phi) is 9.74. The molecule has 0 aliphatic carbocycles. The predicted octanol–water partition coefficient (Wildman–Crippen LogP) is 5.01. The molecule has 0 radical (unpaired) electrons. The van der Waals surface area contributed by atoms with Gasteiger partial charge < -0.3 is 10.2 Å². The van der Waals surface area contributed by atoms with Gasteiger partial charge in [-0.1, -0.05) is 65.3 Å². The number of thioether (sulfide) groups is 1. The number of hydrogen-bond acceptors (Lipinski definition) is 3. The molecule has 1 N–H and O–H groups in total. The molecule has 156 valence electrons. The summed E-state index contributed by atoms with van der Waals surface area (Å²) in [6.45, 7) is 6.20. The molecule has 0 heterocycles. The first-order valence-corrected chi connectivity index (χ1v) is 11.8. The maximum absolute atomic E-state index is 13.0. The third-order valence-corrected chi connectivity index (χ3v) is 6.23. The van der Waals surface area contributed by atoms with Crippen LogP contribution in [0.2, 0.25) is 0 Å². The van der Waals surface area contributed by atoms with E-state index in [1.807, 2.05) is 56.3 Å². The van der Waals surface area contributed by atoms with Crippen molar-refractivity contribution in [1.82, 2.24) is 10.2 Å². The molecule has 2 rings (SSSR count). The SMILES string of the molecule is CC[C@H](C)NC(=O)[C@H](C)N(Cc1cccc(Br)c1)C(=O)CSCc1ccccc1. The molecule has 6 heteroatoms. The molecule has 0 fully saturated rings. The van der Waals surface area contributed by atoms with Crippen molar-refractivity contribution in [1.29, 1.82) is 0 Å². The highest BCUT2D eigenvalue weighted by Crippen LogP contribution is 2.18. The molecule has 0 aromatic heterocycles. The summed E-state index contributed by atoms with van der Waals surface area (Å²) in [6.07, 6.45) is 0.852. The Labute approximate surface area is 186 Å². The van der Waals surface area contributed by atoms with E-state index in [1.165, 1.54) is 5.56 Å². The third-order valence-electron chi connectivity index (χ3n) is 4.75. The van der Waals surface area contributed by atoms with Gasteiger partial charge in [-0.2, -0.15) is 0 Å². The zero-order valence-electron chi connectivity index (χ0n) is 17.2. The number of carbonyl (C=O) groups excluding carboxylic acids is 2. The average Bonchev–Trinajstić information content (AvgIpc) is 2.72. The molecular weight excluding hydrogens is 448 g/mol. The normalized spacial score (nSPS) is 12.8. The number of benzene rings is 2. The van der Waals surface area contributed by atoms with Crippen LogP contribution in [0.4, 0.5) is 0 Å². The lowest BCUT2D eigenvalue weighted by Crippen LogP contribution is -2.50. The standard InChI is InChI=1S/C23H29BrN2O2S/c1-4-17(2)25-23(28)18(3)26(14-20-11-8-12-21(24)13-20)22(27)16-29-15-19-9-6-5-7-10-19/h5-13,17-18H,4,14-16H2,1-3H3,(H,25,28)/t17-,18-/m0/s1. The van der Waals surface area contributed by atoms with Crippen molar-refractivity contribution in [3.8, 4) is 0 Å². The number of amides is 2. The first-order chi connectivity index (χ1) is 13.9. The van der Waals surface area contributed by atoms with E-state index in [0.29, 0.717) is 12.3 Å². The summed E-state index contributed by atoms with van der Waals surface area (Å²) in [5.41, 5.74) is 2.18. The zero-order chi connectivity index (χ0) is 21.2. The highest BCUT2D eigenvalue weighted by atomic mass is 79.9. The number of carbonyl (C=O) groups is 2. The molecule has 2 aromatic carbocycles. The molecule has 0 unspecified atom stereocenters. The van der Waals surface area contributed by atoms with Gasteiger partial charge in [0, 0.05) is 22.8 Å². The quantitative estimate of drug-likeness (QED) is 0.523. The van der Waals surface area contributed by atoms with Crippen molar-refractivity contribution in [3.63, 3.8) is 0 Å². The minimum absolute atomic E-state index is 0.0299. The van der Waals surface area contributed by atoms with Crippen molar-refractivity contribution < 1.29 is 9.59 Å². The number of nitrogens with zero attached hydrogens (tertiary/aromatic N) is 1. The summed E-state index contributed by atoms with van der Waals surface area (Å²) >= 11 is 5.05. The van der Waals surface area contributed by atoms with Crippen LogP contribution in [0.25, 0.3) is 0 Å². The Morgan fingerprint density at radius 3 is 2.41 bits per heavy atom. The highest BCUT2D eigenvalue weighted by molar-refractivity contribution is 9.10. The van der Waals surface area contributed by atoms with Gasteiger partial charge in [-0.05, 0) is 43.5 Å². The summed E-state index contributed by atoms with van der Waals surface area (Å²) in [5.74, 6) is 0.961. The Bertz CT molecular complexity index is 800. The molecule has 4 nitrogen and oxygen atoms in total. The second-order valence-corrected chi connectivity index (χ2v) is 9.03. The van der Waals surface area contributed by atoms with E-state index in [0.717, 1.165) is 22.2 Å². The van der Waals surface area contributed by atoms with E-state index in [2.05, 4.69) is 33.4 Å². The fraction of sp³-hybridized carbons (Fsp3) is 0.391. The molecule has 2 aromatic rings. The van der Waals surface area contributed by atoms with Crippen LogP contribution in [0.1, 0.15) is 38.3 Å². The maximum atomic E-state index is 13.0. The van der Waals surface area contributed by atoms with E-state index in [-0.39, 0.29) is 17.9 Å². The fourth-order valence-corrected chi connectivity index (χ4v) is 4.11. The first kappa shape index (κ1) is 23.5. The molecule has 0 saturated carbocycles. The van der Waals surface area contributed by atoms with Gasteiger partial charge in [0.25, 0.3) is 0 Å². The van der Waals surface area contributed by atoms with Crippen molar-refractivity contribution in [3.05, 3.63) is 70.2 Å². The van der Waals surface area contributed by atoms with Gasteiger partial charge in [-0.25, -0.2) is 0 Å². The van der Waals surface area contributed by atoms with E-state index in [1.54, 1.807) is 23.6 Å². The van der Waals surface area contributed by atoms with Crippen LogP contribution in [0.3, 0.4) is 0 Å². The van der Waals surface area contributed by atoms with Crippen LogP contribution in [0, 0.1) is 0 Å². The first-order valence-electron chi connectivity index (χ1n) is 9.86. The van der Waals surface area contributed by atoms with Crippen LogP contribution >= 0.6 is 27.7 Å². The second kappa shape index (κ2) is 12.0. The van der Waals surface area contributed by atoms with Crippen LogP contribution in [0.5, 0.6) is 0 Å². The fourth-order valence-electron chi connectivity index (χ4n) is 2.79. The average molecular weight is 477 g/mol. The van der Waals surface area contributed by atoms with Gasteiger partial charge in [-0.15, -0.1) is 11.8 Å². The molecule has 29 heavy (non-hydrogen) atoms. The summed E-state index contributed by atoms with van der Waals surface area (Å²) in [5, 5.41) is 2.99. The minimum Gasteiger partial charge on any atom is -0.352 e. The lowest BCUT2D eigenvalue weighted by atomic mass is 10.1. The van der Waals surface area contributed by atoms with Crippen molar-refractivity contribution in [2.45, 2.75) is 51.6 Å². The summed E-state index contributed by atoms with van der Waals surface area (Å²) in [4.78, 5) is 27.4. The van der Waals surface area contributed by atoms with Gasteiger partial charge in [0.15, 0.2) is 0 Å². The topological polar surface area (TPSA) is 49.4 Å². The van der Waals surface area contributed by atoms with E-state index in [4.69, 9.17) is 0 Å². The van der Waals surface area contributed by atoms with Gasteiger partial charge >= 0.3 is 0 Å². The second-order valence-electron chi connectivity index (χ2n) is 7.12. The third kappa shape index (κ3) is 7.86. The van der Waals surface area contributed by atoms with E-state index in [9.17, 15) is 9.59 Å². The smallest absolute Gasteiger partial charge is 0.242 e. The summed E-state index contributed by atoms with van der Waals surface area (Å²) in [7, 11) is 0. The summed E-state index contributed by atoms with van der Waals surface area (Å²) in [6, 6.07) is 17.5. The van der Waals surface area contributed by atoms with E-state index < -0.39 is 6.04 Å². The molecule has 2 amide bonds. The van der Waals surface area contributed by atoms with Gasteiger partial charge in [0.2, 0.25) is 11.8 Å². The number of hydrogen-bond donors (Lipinski definition) is 1. The molecule has 0 aliphatic heterocycles. The molecule has 0 spiro atoms. The maximum Gasteiger partial charge on any atom is 0.242 e. The molecular formula is C23H29BrN2O2S. The van der Waals surface area contributed by atoms with Crippen LogP contribution in [-0.2, 0) is 21.9 Å². The van der Waals surface area contributed by atoms with Gasteiger partial charge in [-0.3, -0.25) is 9.59 Å². The largest absolute Gasteiger partial charge is 0.352 e.